The Kier molecular flexibility index (Phi) is 7.63. The van der Waals surface area contributed by atoms with Crippen molar-refractivity contribution in [1.82, 2.24) is 10.2 Å². The van der Waals surface area contributed by atoms with Crippen LogP contribution in [0.1, 0.15) is 54.1 Å². The van der Waals surface area contributed by atoms with Crippen molar-refractivity contribution in [1.29, 1.82) is 0 Å². The molecule has 2 unspecified atom stereocenters. The molecule has 2 aromatic rings. The maximum atomic E-state index is 14.0. The number of hydrogen-bond donors (Lipinski definition) is 3. The van der Waals surface area contributed by atoms with Crippen LogP contribution >= 0.6 is 11.9 Å². The predicted octanol–water partition coefficient (Wildman–Crippen LogP) is 4.49. The number of fused-ring (bicyclic) bond motifs is 1. The first kappa shape index (κ1) is 24.3. The van der Waals surface area contributed by atoms with E-state index in [1.807, 2.05) is 6.07 Å². The van der Waals surface area contributed by atoms with Crippen LogP contribution in [0.15, 0.2) is 35.2 Å². The molecular formula is C25H30FN3O4S. The summed E-state index contributed by atoms with van der Waals surface area (Å²) < 4.78 is 22.8. The van der Waals surface area contributed by atoms with E-state index >= 15 is 0 Å². The third-order valence-electron chi connectivity index (χ3n) is 6.57. The SMILES string of the molecule is CCN1CCC(C(=O)NCc2cc(F)ccc2SNc2ccc3c(c2C(=O)O)OCCC3C)C1. The van der Waals surface area contributed by atoms with E-state index in [0.29, 0.717) is 28.5 Å². The maximum absolute atomic E-state index is 14.0. The van der Waals surface area contributed by atoms with Crippen molar-refractivity contribution in [3.63, 3.8) is 0 Å². The van der Waals surface area contributed by atoms with E-state index in [-0.39, 0.29) is 29.9 Å². The molecule has 2 aliphatic rings. The van der Waals surface area contributed by atoms with Gasteiger partial charge in [-0.25, -0.2) is 9.18 Å². The Labute approximate surface area is 203 Å². The van der Waals surface area contributed by atoms with E-state index in [1.54, 1.807) is 12.1 Å². The summed E-state index contributed by atoms with van der Waals surface area (Å²) in [6.45, 7) is 7.38. The van der Waals surface area contributed by atoms with Gasteiger partial charge in [0.2, 0.25) is 5.91 Å². The number of carboxylic acid groups (broad SMARTS) is 1. The van der Waals surface area contributed by atoms with E-state index in [1.165, 1.54) is 24.1 Å². The van der Waals surface area contributed by atoms with Crippen molar-refractivity contribution in [2.45, 2.75) is 44.0 Å². The summed E-state index contributed by atoms with van der Waals surface area (Å²) in [4.78, 5) is 27.6. The maximum Gasteiger partial charge on any atom is 0.341 e. The fourth-order valence-electron chi connectivity index (χ4n) is 4.49. The summed E-state index contributed by atoms with van der Waals surface area (Å²) in [6, 6.07) is 8.00. The Hall–Kier alpha value is -2.78. The zero-order valence-electron chi connectivity index (χ0n) is 19.4. The van der Waals surface area contributed by atoms with Gasteiger partial charge in [-0.05, 0) is 79.2 Å². The molecule has 3 N–H and O–H groups in total. The van der Waals surface area contributed by atoms with Crippen molar-refractivity contribution < 1.29 is 23.8 Å². The smallest absolute Gasteiger partial charge is 0.341 e. The molecule has 4 rings (SSSR count). The lowest BCUT2D eigenvalue weighted by atomic mass is 9.92. The number of hydrogen-bond acceptors (Lipinski definition) is 6. The second-order valence-electron chi connectivity index (χ2n) is 8.80. The minimum atomic E-state index is -1.07. The van der Waals surface area contributed by atoms with Crippen molar-refractivity contribution >= 4 is 29.5 Å². The Morgan fingerprint density at radius 1 is 1.26 bits per heavy atom. The number of likely N-dealkylation sites (tertiary alicyclic amines) is 1. The highest BCUT2D eigenvalue weighted by Gasteiger charge is 2.28. The fraction of sp³-hybridized carbons (Fsp3) is 0.440. The van der Waals surface area contributed by atoms with Gasteiger partial charge >= 0.3 is 5.97 Å². The van der Waals surface area contributed by atoms with E-state index in [9.17, 15) is 19.1 Å². The molecule has 34 heavy (non-hydrogen) atoms. The molecule has 0 saturated carbocycles. The van der Waals surface area contributed by atoms with Crippen molar-refractivity contribution in [2.75, 3.05) is 31.0 Å². The lowest BCUT2D eigenvalue weighted by Gasteiger charge is -2.25. The molecule has 7 nitrogen and oxygen atoms in total. The van der Waals surface area contributed by atoms with Crippen LogP contribution in [0.2, 0.25) is 0 Å². The number of nitrogens with one attached hydrogen (secondary N) is 2. The summed E-state index contributed by atoms with van der Waals surface area (Å²) in [6.07, 6.45) is 1.67. The van der Waals surface area contributed by atoms with Gasteiger partial charge in [-0.3, -0.25) is 4.79 Å². The average Bonchev–Trinajstić information content (AvgIpc) is 3.31. The molecule has 1 saturated heterocycles. The highest BCUT2D eigenvalue weighted by atomic mass is 32.2. The molecule has 2 aromatic carbocycles. The predicted molar refractivity (Wildman–Crippen MR) is 130 cm³/mol. The normalized spacial score (nSPS) is 19.9. The quantitative estimate of drug-likeness (QED) is 0.473. The van der Waals surface area contributed by atoms with Gasteiger partial charge in [0.1, 0.15) is 17.1 Å². The minimum Gasteiger partial charge on any atom is -0.492 e. The number of nitrogens with zero attached hydrogens (tertiary/aromatic N) is 1. The minimum absolute atomic E-state index is 0.0294. The van der Waals surface area contributed by atoms with Crippen LogP contribution in [-0.2, 0) is 11.3 Å². The Morgan fingerprint density at radius 2 is 2.09 bits per heavy atom. The van der Waals surface area contributed by atoms with Crippen LogP contribution in [0, 0.1) is 11.7 Å². The molecule has 0 radical (unpaired) electrons. The van der Waals surface area contributed by atoms with Gasteiger partial charge in [-0.15, -0.1) is 0 Å². The molecular weight excluding hydrogens is 457 g/mol. The van der Waals surface area contributed by atoms with Crippen LogP contribution in [0.3, 0.4) is 0 Å². The Bertz CT molecular complexity index is 1080. The monoisotopic (exact) mass is 487 g/mol. The van der Waals surface area contributed by atoms with E-state index in [2.05, 4.69) is 28.8 Å². The van der Waals surface area contributed by atoms with Crippen LogP contribution in [0.5, 0.6) is 5.75 Å². The zero-order valence-corrected chi connectivity index (χ0v) is 20.2. The number of rotatable bonds is 8. The second-order valence-corrected chi connectivity index (χ2v) is 9.65. The Balaban J connectivity index is 1.48. The number of carbonyl (C=O) groups excluding carboxylic acids is 1. The summed E-state index contributed by atoms with van der Waals surface area (Å²) in [5.41, 5.74) is 2.01. The number of carbonyl (C=O) groups is 2. The second kappa shape index (κ2) is 10.7. The summed E-state index contributed by atoms with van der Waals surface area (Å²) in [5, 5.41) is 12.8. The number of halogens is 1. The van der Waals surface area contributed by atoms with Crippen molar-refractivity contribution in [3.05, 3.63) is 52.8 Å². The number of carboxylic acids is 1. The molecule has 0 spiro atoms. The highest BCUT2D eigenvalue weighted by molar-refractivity contribution is 8.00. The zero-order chi connectivity index (χ0) is 24.2. The number of aromatic carboxylic acids is 1. The fourth-order valence-corrected chi connectivity index (χ4v) is 5.28. The third kappa shape index (κ3) is 5.31. The number of anilines is 1. The van der Waals surface area contributed by atoms with Gasteiger partial charge in [0.15, 0.2) is 0 Å². The number of benzene rings is 2. The lowest BCUT2D eigenvalue weighted by Crippen LogP contribution is -2.32. The van der Waals surface area contributed by atoms with Gasteiger partial charge in [-0.2, -0.15) is 0 Å². The molecule has 1 fully saturated rings. The number of amides is 1. The van der Waals surface area contributed by atoms with Gasteiger partial charge in [0, 0.05) is 18.0 Å². The average molecular weight is 488 g/mol. The molecule has 0 bridgehead atoms. The summed E-state index contributed by atoms with van der Waals surface area (Å²) in [5.74, 6) is -0.925. The first-order valence-corrected chi connectivity index (χ1v) is 12.4. The summed E-state index contributed by atoms with van der Waals surface area (Å²) >= 11 is 1.18. The molecule has 182 valence electrons. The molecule has 9 heteroatoms. The molecule has 2 heterocycles. The van der Waals surface area contributed by atoms with Crippen molar-refractivity contribution in [3.8, 4) is 5.75 Å². The van der Waals surface area contributed by atoms with Gasteiger partial charge in [0.25, 0.3) is 0 Å². The molecule has 2 aliphatic heterocycles. The number of ether oxygens (including phenoxy) is 1. The standard InChI is InChI=1S/C25H30FN3O4S/c1-3-29-10-8-16(14-29)24(30)27-13-17-12-18(26)4-7-21(17)34-28-20-6-5-19-15(2)9-11-33-23(19)22(20)25(31)32/h4-7,12,15-16,28H,3,8-11,13-14H2,1-2H3,(H,27,30)(H,31,32). The van der Waals surface area contributed by atoms with Crippen LogP contribution < -0.4 is 14.8 Å². The highest BCUT2D eigenvalue weighted by Crippen LogP contribution is 2.40. The van der Waals surface area contributed by atoms with Gasteiger partial charge < -0.3 is 24.8 Å². The van der Waals surface area contributed by atoms with Gasteiger partial charge in [-0.1, -0.05) is 19.9 Å². The third-order valence-corrected chi connectivity index (χ3v) is 7.51. The summed E-state index contributed by atoms with van der Waals surface area (Å²) in [7, 11) is 0. The molecule has 0 aromatic heterocycles. The Morgan fingerprint density at radius 3 is 2.82 bits per heavy atom. The van der Waals surface area contributed by atoms with Crippen molar-refractivity contribution in [2.24, 2.45) is 5.92 Å². The first-order valence-electron chi connectivity index (χ1n) is 11.6. The molecule has 1 amide bonds. The van der Waals surface area contributed by atoms with E-state index < -0.39 is 11.8 Å². The van der Waals surface area contributed by atoms with Crippen LogP contribution in [0.25, 0.3) is 0 Å². The van der Waals surface area contributed by atoms with Gasteiger partial charge in [0.05, 0.1) is 18.2 Å². The van der Waals surface area contributed by atoms with E-state index in [4.69, 9.17) is 4.74 Å². The van der Waals surface area contributed by atoms with E-state index in [0.717, 1.165) is 38.0 Å². The molecule has 2 atom stereocenters. The van der Waals surface area contributed by atoms with Crippen LogP contribution in [-0.4, -0.2) is 48.1 Å². The molecule has 0 aliphatic carbocycles. The topological polar surface area (TPSA) is 90.9 Å². The lowest BCUT2D eigenvalue weighted by molar-refractivity contribution is -0.124. The van der Waals surface area contributed by atoms with Crippen LogP contribution in [0.4, 0.5) is 10.1 Å². The largest absolute Gasteiger partial charge is 0.492 e. The first-order chi connectivity index (χ1) is 16.4.